The maximum atomic E-state index is 13.0. The minimum atomic E-state index is -0.508. The Kier molecular flexibility index (Phi) is 11.2. The largest absolute Gasteiger partial charge is 0.495 e. The molecule has 0 aromatic heterocycles. The van der Waals surface area contributed by atoms with Crippen molar-refractivity contribution in [1.82, 2.24) is 10.6 Å². The Balaban J connectivity index is 1.74. The molecule has 2 amide bonds. The fourth-order valence-corrected chi connectivity index (χ4v) is 4.94. The molecular formula is C28H34N4O3S. The third-order valence-electron chi connectivity index (χ3n) is 6.03. The number of rotatable bonds is 10. The first kappa shape index (κ1) is 27.2. The molecule has 1 aliphatic carbocycles. The fraction of sp³-hybridized carbons (Fsp3) is 0.393. The molecule has 0 saturated heterocycles. The number of nitriles is 1. The quantitative estimate of drug-likeness (QED) is 0.305. The van der Waals surface area contributed by atoms with Crippen molar-refractivity contribution in [1.29, 1.82) is 5.26 Å². The molecule has 1 saturated carbocycles. The third-order valence-corrected chi connectivity index (χ3v) is 7.04. The van der Waals surface area contributed by atoms with Gasteiger partial charge in [-0.25, -0.2) is 0 Å². The smallest absolute Gasteiger partial charge is 0.264 e. The zero-order valence-electron chi connectivity index (χ0n) is 20.7. The monoisotopic (exact) mass is 506 g/mol. The van der Waals surface area contributed by atoms with Crippen LogP contribution in [0.25, 0.3) is 0 Å². The first-order valence-corrected chi connectivity index (χ1v) is 13.4. The van der Waals surface area contributed by atoms with Gasteiger partial charge in [-0.3, -0.25) is 9.59 Å². The predicted molar refractivity (Wildman–Crippen MR) is 144 cm³/mol. The Labute approximate surface area is 217 Å². The molecule has 0 aliphatic heterocycles. The van der Waals surface area contributed by atoms with Gasteiger partial charge in [-0.1, -0.05) is 86.3 Å². The summed E-state index contributed by atoms with van der Waals surface area (Å²) in [5.74, 6) is 0.0422. The van der Waals surface area contributed by atoms with Gasteiger partial charge in [-0.05, 0) is 30.5 Å². The Morgan fingerprint density at radius 1 is 1.00 bits per heavy atom. The number of nitrogens with one attached hydrogen (secondary N) is 3. The van der Waals surface area contributed by atoms with Crippen molar-refractivity contribution < 1.29 is 14.3 Å². The minimum Gasteiger partial charge on any atom is -0.495 e. The van der Waals surface area contributed by atoms with E-state index >= 15 is 0 Å². The highest BCUT2D eigenvalue weighted by Crippen LogP contribution is 2.29. The third kappa shape index (κ3) is 8.65. The van der Waals surface area contributed by atoms with Crippen LogP contribution in [0.2, 0.25) is 0 Å². The van der Waals surface area contributed by atoms with Crippen molar-refractivity contribution in [3.63, 3.8) is 0 Å². The summed E-state index contributed by atoms with van der Waals surface area (Å²) in [6.07, 6.45) is 7.91. The van der Waals surface area contributed by atoms with Crippen LogP contribution in [0.15, 0.2) is 65.2 Å². The molecule has 0 radical (unpaired) electrons. The number of nitrogens with zero attached hydrogens (tertiary/aromatic N) is 1. The molecule has 0 unspecified atom stereocenters. The van der Waals surface area contributed by atoms with Gasteiger partial charge in [-0.15, -0.1) is 0 Å². The van der Waals surface area contributed by atoms with Crippen molar-refractivity contribution >= 4 is 29.3 Å². The van der Waals surface area contributed by atoms with Crippen LogP contribution in [-0.4, -0.2) is 30.7 Å². The van der Waals surface area contributed by atoms with Gasteiger partial charge in [0.15, 0.2) is 0 Å². The van der Waals surface area contributed by atoms with E-state index in [4.69, 9.17) is 4.74 Å². The molecule has 2 aromatic carbocycles. The van der Waals surface area contributed by atoms with Gasteiger partial charge >= 0.3 is 0 Å². The number of para-hydroxylation sites is 2. The van der Waals surface area contributed by atoms with Crippen molar-refractivity contribution in [2.45, 2.75) is 57.5 Å². The number of anilines is 1. The SMILES string of the molecule is COc1ccccc1N/C(SCC(=O)NC1CCCCCCC1)=C(\C#N)C(=O)NCc1ccccc1. The molecule has 2 aromatic rings. The normalized spacial score (nSPS) is 14.9. The zero-order chi connectivity index (χ0) is 25.6. The number of carbonyl (C=O) groups is 2. The predicted octanol–water partition coefficient (Wildman–Crippen LogP) is 5.12. The van der Waals surface area contributed by atoms with Gasteiger partial charge in [0.1, 0.15) is 17.4 Å². The summed E-state index contributed by atoms with van der Waals surface area (Å²) in [4.78, 5) is 25.8. The van der Waals surface area contributed by atoms with Crippen LogP contribution in [0, 0.1) is 11.3 Å². The van der Waals surface area contributed by atoms with E-state index in [1.54, 1.807) is 19.2 Å². The van der Waals surface area contributed by atoms with E-state index in [-0.39, 0.29) is 23.3 Å². The van der Waals surface area contributed by atoms with Crippen LogP contribution >= 0.6 is 11.8 Å². The summed E-state index contributed by atoms with van der Waals surface area (Å²) in [5.41, 5.74) is 1.45. The molecule has 3 N–H and O–H groups in total. The first-order chi connectivity index (χ1) is 17.6. The van der Waals surface area contributed by atoms with E-state index in [1.165, 1.54) is 19.3 Å². The lowest BCUT2D eigenvalue weighted by atomic mass is 9.97. The molecular weight excluding hydrogens is 472 g/mol. The standard InChI is InChI=1S/C28H34N4O3S/c1-35-25-17-11-10-16-24(25)32-28(23(18-29)27(34)30-19-21-12-6-5-7-13-21)36-20-26(33)31-22-14-8-3-2-4-9-15-22/h5-7,10-13,16-17,22,32H,2-4,8-9,14-15,19-20H2,1H3,(H,30,34)(H,31,33)/b28-23-. The van der Waals surface area contributed by atoms with Crippen LogP contribution < -0.4 is 20.7 Å². The molecule has 8 heteroatoms. The molecule has 0 spiro atoms. The van der Waals surface area contributed by atoms with Crippen LogP contribution in [0.5, 0.6) is 5.75 Å². The number of methoxy groups -OCH3 is 1. The Morgan fingerprint density at radius 2 is 1.67 bits per heavy atom. The lowest BCUT2D eigenvalue weighted by molar-refractivity contribution is -0.119. The molecule has 0 atom stereocenters. The number of hydrogen-bond acceptors (Lipinski definition) is 6. The average Bonchev–Trinajstić information content (AvgIpc) is 2.88. The molecule has 1 fully saturated rings. The molecule has 190 valence electrons. The van der Waals surface area contributed by atoms with Crippen molar-refractivity contribution in [3.05, 3.63) is 70.8 Å². The summed E-state index contributed by atoms with van der Waals surface area (Å²) < 4.78 is 5.42. The number of benzene rings is 2. The van der Waals surface area contributed by atoms with Gasteiger partial charge in [0.25, 0.3) is 5.91 Å². The summed E-state index contributed by atoms with van der Waals surface area (Å²) in [6, 6.07) is 18.9. The number of carbonyl (C=O) groups excluding carboxylic acids is 2. The molecule has 0 heterocycles. The summed E-state index contributed by atoms with van der Waals surface area (Å²) in [5, 5.41) is 19.3. The summed E-state index contributed by atoms with van der Waals surface area (Å²) in [6.45, 7) is 0.291. The van der Waals surface area contributed by atoms with Crippen LogP contribution in [0.1, 0.15) is 50.5 Å². The lowest BCUT2D eigenvalue weighted by Gasteiger charge is -2.21. The Hall–Kier alpha value is -3.44. The maximum absolute atomic E-state index is 13.0. The van der Waals surface area contributed by atoms with E-state index in [1.807, 2.05) is 48.5 Å². The second-order valence-corrected chi connectivity index (χ2v) is 9.69. The van der Waals surface area contributed by atoms with E-state index in [0.717, 1.165) is 43.0 Å². The topological polar surface area (TPSA) is 103 Å². The number of thioether (sulfide) groups is 1. The Bertz CT molecular complexity index is 1070. The lowest BCUT2D eigenvalue weighted by Crippen LogP contribution is -2.36. The van der Waals surface area contributed by atoms with Gasteiger partial charge in [0.05, 0.1) is 23.6 Å². The van der Waals surface area contributed by atoms with E-state index in [2.05, 4.69) is 16.0 Å². The maximum Gasteiger partial charge on any atom is 0.264 e. The van der Waals surface area contributed by atoms with Gasteiger partial charge in [0, 0.05) is 12.6 Å². The van der Waals surface area contributed by atoms with Crippen molar-refractivity contribution in [3.8, 4) is 11.8 Å². The highest BCUT2D eigenvalue weighted by Gasteiger charge is 2.20. The molecule has 1 aliphatic rings. The van der Waals surface area contributed by atoms with Gasteiger partial charge in [-0.2, -0.15) is 5.26 Å². The van der Waals surface area contributed by atoms with E-state index < -0.39 is 5.91 Å². The molecule has 7 nitrogen and oxygen atoms in total. The fourth-order valence-electron chi connectivity index (χ4n) is 4.12. The van der Waals surface area contributed by atoms with Crippen LogP contribution in [-0.2, 0) is 16.1 Å². The van der Waals surface area contributed by atoms with Crippen LogP contribution in [0.3, 0.4) is 0 Å². The van der Waals surface area contributed by atoms with Crippen molar-refractivity contribution in [2.75, 3.05) is 18.2 Å². The van der Waals surface area contributed by atoms with Gasteiger partial charge < -0.3 is 20.7 Å². The van der Waals surface area contributed by atoms with Crippen LogP contribution in [0.4, 0.5) is 5.69 Å². The highest BCUT2D eigenvalue weighted by atomic mass is 32.2. The average molecular weight is 507 g/mol. The van der Waals surface area contributed by atoms with E-state index in [0.29, 0.717) is 23.0 Å². The minimum absolute atomic E-state index is 0.0828. The van der Waals surface area contributed by atoms with E-state index in [9.17, 15) is 14.9 Å². The Morgan fingerprint density at radius 3 is 2.36 bits per heavy atom. The summed E-state index contributed by atoms with van der Waals surface area (Å²) >= 11 is 1.14. The first-order valence-electron chi connectivity index (χ1n) is 12.4. The number of ether oxygens (including phenoxy) is 1. The second kappa shape index (κ2) is 14.8. The summed E-state index contributed by atoms with van der Waals surface area (Å²) in [7, 11) is 1.55. The molecule has 3 rings (SSSR count). The zero-order valence-corrected chi connectivity index (χ0v) is 21.5. The number of hydrogen-bond donors (Lipinski definition) is 3. The van der Waals surface area contributed by atoms with Crippen molar-refractivity contribution in [2.24, 2.45) is 0 Å². The van der Waals surface area contributed by atoms with Gasteiger partial charge in [0.2, 0.25) is 5.91 Å². The highest BCUT2D eigenvalue weighted by molar-refractivity contribution is 8.03. The molecule has 0 bridgehead atoms. The number of amides is 2. The molecule has 36 heavy (non-hydrogen) atoms. The second-order valence-electron chi connectivity index (χ2n) is 8.71.